The maximum Gasteiger partial charge on any atom is 0.267 e. The van der Waals surface area contributed by atoms with Crippen molar-refractivity contribution in [2.75, 3.05) is 0 Å². The van der Waals surface area contributed by atoms with E-state index in [9.17, 15) is 4.79 Å². The highest BCUT2D eigenvalue weighted by molar-refractivity contribution is 6.30. The van der Waals surface area contributed by atoms with Gasteiger partial charge in [0.2, 0.25) is 0 Å². The van der Waals surface area contributed by atoms with Gasteiger partial charge in [-0.3, -0.25) is 4.79 Å². The van der Waals surface area contributed by atoms with Crippen LogP contribution in [-0.4, -0.2) is 16.9 Å². The van der Waals surface area contributed by atoms with Gasteiger partial charge in [-0.25, -0.2) is 0 Å². The van der Waals surface area contributed by atoms with E-state index in [2.05, 4.69) is 10.3 Å². The zero-order valence-electron chi connectivity index (χ0n) is 7.02. The Morgan fingerprint density at radius 3 is 2.75 bits per heavy atom. The van der Waals surface area contributed by atoms with E-state index in [0.29, 0.717) is 10.7 Å². The third-order valence-corrected chi connectivity index (χ3v) is 1.53. The highest BCUT2D eigenvalue weighted by Gasteiger charge is 2.07. The Hall–Kier alpha value is -0.960. The van der Waals surface area contributed by atoms with Crippen molar-refractivity contribution in [2.24, 2.45) is 0 Å². The summed E-state index contributed by atoms with van der Waals surface area (Å²) in [5.41, 5.74) is 0.494. The summed E-state index contributed by atoms with van der Waals surface area (Å²) in [6.45, 7) is 3.81. The second kappa shape index (κ2) is 3.63. The van der Waals surface area contributed by atoms with Gasteiger partial charge in [0.1, 0.15) is 5.69 Å². The molecule has 1 rings (SSSR count). The van der Waals surface area contributed by atoms with Gasteiger partial charge in [-0.1, -0.05) is 11.6 Å². The molecule has 0 radical (unpaired) electrons. The van der Waals surface area contributed by atoms with Crippen LogP contribution >= 0.6 is 11.6 Å². The number of aromatic nitrogens is 1. The van der Waals surface area contributed by atoms with Gasteiger partial charge in [0.15, 0.2) is 0 Å². The molecule has 1 amide bonds. The maximum absolute atomic E-state index is 11.3. The molecule has 1 aromatic heterocycles. The van der Waals surface area contributed by atoms with Crippen molar-refractivity contribution in [1.82, 2.24) is 10.3 Å². The predicted molar refractivity (Wildman–Crippen MR) is 48.4 cm³/mol. The number of rotatable bonds is 2. The molecule has 0 aromatic carbocycles. The molecule has 0 aliphatic rings. The molecule has 2 N–H and O–H groups in total. The summed E-state index contributed by atoms with van der Waals surface area (Å²) in [7, 11) is 0. The van der Waals surface area contributed by atoms with Gasteiger partial charge in [-0.15, -0.1) is 0 Å². The minimum absolute atomic E-state index is 0.128. The monoisotopic (exact) mass is 186 g/mol. The molecule has 12 heavy (non-hydrogen) atoms. The molecule has 0 spiro atoms. The van der Waals surface area contributed by atoms with E-state index in [1.807, 2.05) is 13.8 Å². The van der Waals surface area contributed by atoms with Crippen molar-refractivity contribution in [2.45, 2.75) is 19.9 Å². The Bertz CT molecular complexity index is 280. The average Bonchev–Trinajstić information content (AvgIpc) is 2.34. The third kappa shape index (κ3) is 2.27. The van der Waals surface area contributed by atoms with Crippen LogP contribution in [-0.2, 0) is 0 Å². The second-order valence-corrected chi connectivity index (χ2v) is 3.30. The number of hydrogen-bond acceptors (Lipinski definition) is 1. The van der Waals surface area contributed by atoms with Gasteiger partial charge >= 0.3 is 0 Å². The van der Waals surface area contributed by atoms with Crippen molar-refractivity contribution < 1.29 is 4.79 Å². The van der Waals surface area contributed by atoms with Gasteiger partial charge in [-0.2, -0.15) is 0 Å². The summed E-state index contributed by atoms with van der Waals surface area (Å²) >= 11 is 5.63. The number of H-pyrrole nitrogens is 1. The van der Waals surface area contributed by atoms with Crippen LogP contribution in [0.15, 0.2) is 12.3 Å². The first-order valence-electron chi connectivity index (χ1n) is 3.74. The molecule has 0 bridgehead atoms. The van der Waals surface area contributed by atoms with E-state index < -0.39 is 0 Å². The van der Waals surface area contributed by atoms with Crippen LogP contribution in [0.2, 0.25) is 5.02 Å². The Morgan fingerprint density at radius 2 is 2.33 bits per heavy atom. The average molecular weight is 187 g/mol. The fourth-order valence-corrected chi connectivity index (χ4v) is 1.00. The first kappa shape index (κ1) is 9.13. The maximum atomic E-state index is 11.3. The Morgan fingerprint density at radius 1 is 1.67 bits per heavy atom. The van der Waals surface area contributed by atoms with Crippen LogP contribution in [0.4, 0.5) is 0 Å². The zero-order chi connectivity index (χ0) is 9.14. The molecule has 0 saturated carbocycles. The molecule has 66 valence electrons. The molecule has 0 atom stereocenters. The van der Waals surface area contributed by atoms with Crippen LogP contribution in [0.5, 0.6) is 0 Å². The van der Waals surface area contributed by atoms with Crippen LogP contribution in [0.25, 0.3) is 0 Å². The number of aromatic amines is 1. The summed E-state index contributed by atoms with van der Waals surface area (Å²) in [6.07, 6.45) is 1.58. The molecule has 0 saturated heterocycles. The van der Waals surface area contributed by atoms with Crippen molar-refractivity contribution in [3.63, 3.8) is 0 Å². The first-order chi connectivity index (χ1) is 5.59. The Balaban J connectivity index is 2.65. The van der Waals surface area contributed by atoms with Crippen LogP contribution in [0, 0.1) is 0 Å². The molecule has 0 fully saturated rings. The number of nitrogens with one attached hydrogen (secondary N) is 2. The van der Waals surface area contributed by atoms with E-state index in [0.717, 1.165) is 0 Å². The van der Waals surface area contributed by atoms with Gasteiger partial charge in [-0.05, 0) is 19.9 Å². The summed E-state index contributed by atoms with van der Waals surface area (Å²) in [6, 6.07) is 1.73. The molecule has 3 nitrogen and oxygen atoms in total. The summed E-state index contributed by atoms with van der Waals surface area (Å²) in [5, 5.41) is 3.29. The summed E-state index contributed by atoms with van der Waals surface area (Å²) in [5.74, 6) is -0.128. The standard InChI is InChI=1S/C8H11ClN2O/c1-5(2)11-8(12)7-3-6(9)4-10-7/h3-5,10H,1-2H3,(H,11,12). The molecule has 1 heterocycles. The first-order valence-corrected chi connectivity index (χ1v) is 4.12. The number of amides is 1. The predicted octanol–water partition coefficient (Wildman–Crippen LogP) is 1.81. The minimum Gasteiger partial charge on any atom is -0.356 e. The van der Waals surface area contributed by atoms with Crippen LogP contribution in [0.1, 0.15) is 24.3 Å². The van der Waals surface area contributed by atoms with E-state index in [4.69, 9.17) is 11.6 Å². The Labute approximate surface area is 76.1 Å². The topological polar surface area (TPSA) is 44.9 Å². The molecular formula is C8H11ClN2O. The van der Waals surface area contributed by atoms with E-state index >= 15 is 0 Å². The summed E-state index contributed by atoms with van der Waals surface area (Å²) < 4.78 is 0. The lowest BCUT2D eigenvalue weighted by Gasteiger charge is -2.05. The normalized spacial score (nSPS) is 10.3. The zero-order valence-corrected chi connectivity index (χ0v) is 7.77. The fraction of sp³-hybridized carbons (Fsp3) is 0.375. The molecule has 0 unspecified atom stereocenters. The highest BCUT2D eigenvalue weighted by Crippen LogP contribution is 2.09. The number of carbonyl (C=O) groups excluding carboxylic acids is 1. The highest BCUT2D eigenvalue weighted by atomic mass is 35.5. The largest absolute Gasteiger partial charge is 0.356 e. The van der Waals surface area contributed by atoms with E-state index in [1.165, 1.54) is 0 Å². The minimum atomic E-state index is -0.128. The van der Waals surface area contributed by atoms with E-state index in [-0.39, 0.29) is 11.9 Å². The lowest BCUT2D eigenvalue weighted by Crippen LogP contribution is -2.30. The quantitative estimate of drug-likeness (QED) is 0.727. The van der Waals surface area contributed by atoms with Gasteiger partial charge < -0.3 is 10.3 Å². The van der Waals surface area contributed by atoms with Crippen molar-refractivity contribution in [3.05, 3.63) is 23.0 Å². The molecule has 0 aliphatic carbocycles. The van der Waals surface area contributed by atoms with Crippen molar-refractivity contribution >= 4 is 17.5 Å². The fourth-order valence-electron chi connectivity index (χ4n) is 0.839. The van der Waals surface area contributed by atoms with Crippen molar-refractivity contribution in [1.29, 1.82) is 0 Å². The van der Waals surface area contributed by atoms with Gasteiger partial charge in [0, 0.05) is 12.2 Å². The Kier molecular flexibility index (Phi) is 2.76. The summed E-state index contributed by atoms with van der Waals surface area (Å²) in [4.78, 5) is 14.0. The number of carbonyl (C=O) groups is 1. The van der Waals surface area contributed by atoms with Crippen LogP contribution < -0.4 is 5.32 Å². The molecule has 1 aromatic rings. The van der Waals surface area contributed by atoms with Crippen molar-refractivity contribution in [3.8, 4) is 0 Å². The van der Waals surface area contributed by atoms with E-state index in [1.54, 1.807) is 12.3 Å². The second-order valence-electron chi connectivity index (χ2n) is 2.86. The SMILES string of the molecule is CC(C)NC(=O)c1cc(Cl)c[nH]1. The van der Waals surface area contributed by atoms with Crippen LogP contribution in [0.3, 0.4) is 0 Å². The molecule has 0 aliphatic heterocycles. The lowest BCUT2D eigenvalue weighted by molar-refractivity contribution is 0.0938. The third-order valence-electron chi connectivity index (χ3n) is 1.31. The van der Waals surface area contributed by atoms with Gasteiger partial charge in [0.25, 0.3) is 5.91 Å². The molecule has 4 heteroatoms. The number of hydrogen-bond donors (Lipinski definition) is 2. The number of halogens is 1. The smallest absolute Gasteiger partial charge is 0.267 e. The lowest BCUT2D eigenvalue weighted by atomic mass is 10.3. The molecular weight excluding hydrogens is 176 g/mol. The van der Waals surface area contributed by atoms with Gasteiger partial charge in [0.05, 0.1) is 5.02 Å².